The molecule has 6 rings (SSSR count). The van der Waals surface area contributed by atoms with Gasteiger partial charge in [-0.15, -0.1) is 0 Å². The van der Waals surface area contributed by atoms with Gasteiger partial charge in [-0.2, -0.15) is 0 Å². The van der Waals surface area contributed by atoms with Crippen LogP contribution in [0.3, 0.4) is 0 Å². The molecule has 4 aromatic heterocycles. The summed E-state index contributed by atoms with van der Waals surface area (Å²) in [6, 6.07) is 10.3. The van der Waals surface area contributed by atoms with Crippen molar-refractivity contribution >= 4 is 24.0 Å². The predicted molar refractivity (Wildman–Crippen MR) is 232 cm³/mol. The minimum absolute atomic E-state index is 0.00717. The highest BCUT2D eigenvalue weighted by atomic mass is 16.6. The Labute approximate surface area is 365 Å². The summed E-state index contributed by atoms with van der Waals surface area (Å²) in [7, 11) is 0. The molecule has 0 aliphatic carbocycles. The number of carbonyl (C=O) groups excluding carboxylic acids is 4. The summed E-state index contributed by atoms with van der Waals surface area (Å²) in [6.45, 7) is 17.0. The van der Waals surface area contributed by atoms with E-state index in [4.69, 9.17) is 9.47 Å². The quantitative estimate of drug-likeness (QED) is 0.187. The number of carbonyl (C=O) groups is 4. The Morgan fingerprint density at radius 1 is 0.710 bits per heavy atom. The van der Waals surface area contributed by atoms with E-state index in [-0.39, 0.29) is 44.0 Å². The number of aryl methyl sites for hydroxylation is 2. The third-order valence-corrected chi connectivity index (χ3v) is 9.87. The molecule has 0 saturated carbocycles. The Bertz CT molecular complexity index is 1950. The number of rotatable bonds is 14. The van der Waals surface area contributed by atoms with Crippen molar-refractivity contribution in [1.82, 2.24) is 59.3 Å². The molecule has 62 heavy (non-hydrogen) atoms. The van der Waals surface area contributed by atoms with Gasteiger partial charge in [-0.3, -0.25) is 24.5 Å². The fraction of sp³-hybridized carbons (Fsp3) is 0.545. The average Bonchev–Trinajstić information content (AvgIpc) is 3.98. The number of pyridine rings is 2. The van der Waals surface area contributed by atoms with Gasteiger partial charge in [0.2, 0.25) is 11.8 Å². The van der Waals surface area contributed by atoms with Gasteiger partial charge < -0.3 is 43.9 Å². The summed E-state index contributed by atoms with van der Waals surface area (Å²) in [6.07, 6.45) is 14.7. The van der Waals surface area contributed by atoms with E-state index in [1.165, 1.54) is 9.80 Å². The zero-order valence-corrected chi connectivity index (χ0v) is 37.1. The number of amides is 4. The lowest BCUT2D eigenvalue weighted by Crippen LogP contribution is -2.62. The standard InChI is InChI=1S/C27H40N6O5.C17H24N6O/c1-26(2,3)37-24(35)32-16-17-33(25(36)38-27(4,5)6)22(19-32)23(34)31(18-21-10-7-8-11-29-21)14-9-13-30-15-12-28-20-30;24-17(16-12-18-6-7-21-16)23(13-15-4-1-2-5-20-15)10-3-9-22-11-8-19-14-22/h7-8,10-12,15,20,22H,9,13-14,16-19H2,1-6H3;1-2,4-5,8,11,14,16,18,21H,3,6-7,9-10,12-13H2/t22-;16-/m11/s1. The van der Waals surface area contributed by atoms with Gasteiger partial charge >= 0.3 is 12.2 Å². The van der Waals surface area contributed by atoms with E-state index >= 15 is 0 Å². The number of imidazole rings is 2. The molecular weight excluding hydrogens is 793 g/mol. The average molecular weight is 857 g/mol. The van der Waals surface area contributed by atoms with E-state index in [1.807, 2.05) is 62.8 Å². The van der Waals surface area contributed by atoms with Crippen molar-refractivity contribution in [3.05, 3.63) is 97.6 Å². The molecule has 2 N–H and O–H groups in total. The van der Waals surface area contributed by atoms with E-state index < -0.39 is 29.4 Å². The van der Waals surface area contributed by atoms with E-state index in [0.717, 1.165) is 37.4 Å². The zero-order chi connectivity index (χ0) is 44.5. The molecule has 18 heteroatoms. The van der Waals surface area contributed by atoms with Crippen LogP contribution in [-0.2, 0) is 45.2 Å². The van der Waals surface area contributed by atoms with Crippen molar-refractivity contribution in [1.29, 1.82) is 0 Å². The smallest absolute Gasteiger partial charge is 0.411 e. The number of nitrogens with zero attached hydrogens (tertiary/aromatic N) is 10. The van der Waals surface area contributed by atoms with Crippen LogP contribution in [0.4, 0.5) is 9.59 Å². The van der Waals surface area contributed by atoms with Gasteiger partial charge in [0, 0.05) is 96.1 Å². The van der Waals surface area contributed by atoms with Crippen LogP contribution < -0.4 is 10.6 Å². The molecule has 2 atom stereocenters. The molecule has 2 aliphatic rings. The molecule has 2 fully saturated rings. The Kier molecular flexibility index (Phi) is 17.4. The van der Waals surface area contributed by atoms with Gasteiger partial charge in [0.15, 0.2) is 0 Å². The maximum absolute atomic E-state index is 14.1. The largest absolute Gasteiger partial charge is 0.444 e. The van der Waals surface area contributed by atoms with Crippen molar-refractivity contribution in [2.75, 3.05) is 52.4 Å². The Balaban J connectivity index is 0.000000259. The summed E-state index contributed by atoms with van der Waals surface area (Å²) in [4.78, 5) is 76.4. The van der Waals surface area contributed by atoms with Crippen LogP contribution in [0.15, 0.2) is 86.2 Å². The van der Waals surface area contributed by atoms with Crippen LogP contribution in [0.1, 0.15) is 65.8 Å². The number of nitrogens with one attached hydrogen (secondary N) is 2. The first-order valence-corrected chi connectivity index (χ1v) is 21.4. The first kappa shape index (κ1) is 47.2. The van der Waals surface area contributed by atoms with Crippen molar-refractivity contribution < 1.29 is 28.7 Å². The van der Waals surface area contributed by atoms with Crippen LogP contribution in [0, 0.1) is 0 Å². The van der Waals surface area contributed by atoms with Crippen LogP contribution in [0.2, 0.25) is 0 Å². The lowest BCUT2D eigenvalue weighted by molar-refractivity contribution is -0.140. The Morgan fingerprint density at radius 2 is 1.26 bits per heavy atom. The maximum Gasteiger partial charge on any atom is 0.411 e. The lowest BCUT2D eigenvalue weighted by atomic mass is 10.1. The molecule has 6 heterocycles. The summed E-state index contributed by atoms with van der Waals surface area (Å²) in [5.74, 6) is -0.140. The Morgan fingerprint density at radius 3 is 1.73 bits per heavy atom. The molecule has 18 nitrogen and oxygen atoms in total. The highest BCUT2D eigenvalue weighted by molar-refractivity contribution is 5.87. The topological polar surface area (TPSA) is 185 Å². The summed E-state index contributed by atoms with van der Waals surface area (Å²) < 4.78 is 15.2. The molecule has 336 valence electrons. The first-order chi connectivity index (χ1) is 29.6. The molecule has 0 bridgehead atoms. The molecule has 0 radical (unpaired) electrons. The monoisotopic (exact) mass is 857 g/mol. The molecule has 2 saturated heterocycles. The van der Waals surface area contributed by atoms with Gasteiger partial charge in [0.1, 0.15) is 17.2 Å². The number of aromatic nitrogens is 6. The van der Waals surface area contributed by atoms with Gasteiger partial charge in [0.25, 0.3) is 0 Å². The molecular formula is C44H64N12O6. The Hall–Kier alpha value is -5.88. The molecule has 4 aromatic rings. The number of piperazine rings is 2. The van der Waals surface area contributed by atoms with Crippen LogP contribution >= 0.6 is 0 Å². The highest BCUT2D eigenvalue weighted by Crippen LogP contribution is 2.21. The van der Waals surface area contributed by atoms with Crippen LogP contribution in [-0.4, -0.2) is 148 Å². The predicted octanol–water partition coefficient (Wildman–Crippen LogP) is 3.81. The molecule has 0 spiro atoms. The summed E-state index contributed by atoms with van der Waals surface area (Å²) >= 11 is 0. The second-order valence-corrected chi connectivity index (χ2v) is 17.3. The van der Waals surface area contributed by atoms with Gasteiger partial charge in [-0.05, 0) is 78.6 Å². The molecule has 4 amide bonds. The van der Waals surface area contributed by atoms with E-state index in [0.29, 0.717) is 39.1 Å². The molecule has 0 unspecified atom stereocenters. The summed E-state index contributed by atoms with van der Waals surface area (Å²) in [5.41, 5.74) is 0.229. The number of hydrogen-bond donors (Lipinski definition) is 2. The normalized spacial score (nSPS) is 16.7. The second kappa shape index (κ2) is 22.8. The highest BCUT2D eigenvalue weighted by Gasteiger charge is 2.41. The maximum atomic E-state index is 14.1. The fourth-order valence-electron chi connectivity index (χ4n) is 6.92. The minimum atomic E-state index is -0.928. The second-order valence-electron chi connectivity index (χ2n) is 17.3. The van der Waals surface area contributed by atoms with E-state index in [9.17, 15) is 19.2 Å². The third-order valence-electron chi connectivity index (χ3n) is 9.87. The zero-order valence-electron chi connectivity index (χ0n) is 37.1. The van der Waals surface area contributed by atoms with Crippen molar-refractivity contribution in [3.8, 4) is 0 Å². The van der Waals surface area contributed by atoms with Gasteiger partial charge in [-0.25, -0.2) is 19.6 Å². The van der Waals surface area contributed by atoms with Crippen molar-refractivity contribution in [2.24, 2.45) is 0 Å². The van der Waals surface area contributed by atoms with E-state index in [1.54, 1.807) is 83.9 Å². The first-order valence-electron chi connectivity index (χ1n) is 21.4. The number of ether oxygens (including phenoxy) is 2. The summed E-state index contributed by atoms with van der Waals surface area (Å²) in [5, 5.41) is 6.57. The van der Waals surface area contributed by atoms with Crippen molar-refractivity contribution in [3.63, 3.8) is 0 Å². The van der Waals surface area contributed by atoms with Crippen LogP contribution in [0.25, 0.3) is 0 Å². The van der Waals surface area contributed by atoms with E-state index in [2.05, 4.69) is 30.6 Å². The van der Waals surface area contributed by atoms with Crippen LogP contribution in [0.5, 0.6) is 0 Å². The molecule has 2 aliphatic heterocycles. The van der Waals surface area contributed by atoms with Gasteiger partial charge in [0.05, 0.1) is 49.7 Å². The lowest BCUT2D eigenvalue weighted by Gasteiger charge is -2.42. The SMILES string of the molecule is CC(C)(C)OC(=O)N1CCN(C(=O)OC(C)(C)C)[C@@H](C(=O)N(CCCn2ccnc2)Cc2ccccn2)C1.O=C([C@H]1CNCCN1)N(CCCn1ccnc1)Cc1ccccn1. The fourth-order valence-corrected chi connectivity index (χ4v) is 6.92. The van der Waals surface area contributed by atoms with Crippen molar-refractivity contribution in [2.45, 2.75) is 104 Å². The number of hydrogen-bond acceptors (Lipinski definition) is 12. The van der Waals surface area contributed by atoms with Gasteiger partial charge in [-0.1, -0.05) is 12.1 Å². The third kappa shape index (κ3) is 15.5. The minimum Gasteiger partial charge on any atom is -0.444 e. The molecule has 0 aromatic carbocycles.